The van der Waals surface area contributed by atoms with Gasteiger partial charge in [0, 0.05) is 11.8 Å². The molecule has 0 spiro atoms. The van der Waals surface area contributed by atoms with Crippen LogP contribution in [0.2, 0.25) is 0 Å². The van der Waals surface area contributed by atoms with Gasteiger partial charge in [0.05, 0.1) is 11.3 Å². The van der Waals surface area contributed by atoms with E-state index < -0.39 is 0 Å². The van der Waals surface area contributed by atoms with Gasteiger partial charge in [-0.1, -0.05) is 42.4 Å². The minimum atomic E-state index is 0.290. The maximum atomic E-state index is 5.90. The Hall–Kier alpha value is -2.62. The molecule has 0 bridgehead atoms. The van der Waals surface area contributed by atoms with Crippen molar-refractivity contribution in [1.82, 2.24) is 10.1 Å². The van der Waals surface area contributed by atoms with Gasteiger partial charge in [-0.05, 0) is 24.1 Å². The van der Waals surface area contributed by atoms with Gasteiger partial charge in [0.15, 0.2) is 0 Å². The highest BCUT2D eigenvalue weighted by molar-refractivity contribution is 5.85. The van der Waals surface area contributed by atoms with Crippen LogP contribution in [0.15, 0.2) is 53.2 Å². The van der Waals surface area contributed by atoms with Crippen molar-refractivity contribution in [3.8, 4) is 22.5 Å². The van der Waals surface area contributed by atoms with Crippen LogP contribution in [-0.4, -0.2) is 10.1 Å². The largest absolute Gasteiger partial charge is 0.367 e. The lowest BCUT2D eigenvalue weighted by molar-refractivity contribution is 0.439. The summed E-state index contributed by atoms with van der Waals surface area (Å²) in [4.78, 5) is 4.32. The molecule has 4 nitrogen and oxygen atoms in total. The predicted molar refractivity (Wildman–Crippen MR) is 79.0 cm³/mol. The van der Waals surface area contributed by atoms with Gasteiger partial charge in [0.25, 0.3) is 0 Å². The lowest BCUT2D eigenvalue weighted by Crippen LogP contribution is -1.90. The molecule has 0 atom stereocenters. The number of nitrogens with two attached hydrogens (primary N) is 1. The Morgan fingerprint density at radius 3 is 2.55 bits per heavy atom. The first-order chi connectivity index (χ1) is 9.79. The van der Waals surface area contributed by atoms with Gasteiger partial charge in [-0.2, -0.15) is 0 Å². The fourth-order valence-corrected chi connectivity index (χ4v) is 2.16. The maximum Gasteiger partial charge on any atom is 0.232 e. The van der Waals surface area contributed by atoms with E-state index in [-0.39, 0.29) is 0 Å². The van der Waals surface area contributed by atoms with Gasteiger partial charge in [-0.25, -0.2) is 0 Å². The van der Waals surface area contributed by atoms with Gasteiger partial charge >= 0.3 is 0 Å². The van der Waals surface area contributed by atoms with Crippen LogP contribution in [0.1, 0.15) is 12.5 Å². The summed E-state index contributed by atoms with van der Waals surface area (Å²) in [7, 11) is 0. The lowest BCUT2D eigenvalue weighted by Gasteiger charge is -2.03. The second kappa shape index (κ2) is 5.17. The van der Waals surface area contributed by atoms with Crippen LogP contribution >= 0.6 is 0 Å². The predicted octanol–water partition coefficient (Wildman–Crippen LogP) is 3.55. The molecule has 4 heteroatoms. The molecule has 2 aromatic heterocycles. The Bertz CT molecular complexity index is 702. The number of pyridine rings is 1. The van der Waals surface area contributed by atoms with Crippen LogP contribution in [0.5, 0.6) is 0 Å². The first kappa shape index (κ1) is 12.4. The number of rotatable bonds is 3. The van der Waals surface area contributed by atoms with Crippen LogP contribution < -0.4 is 5.73 Å². The molecule has 0 fully saturated rings. The standard InChI is InChI=1S/C16H15N3O/c1-2-11-6-8-12(9-7-11)15-14(16(17)20-19-15)13-5-3-4-10-18-13/h3-10H,2,17H2,1H3. The monoisotopic (exact) mass is 265 g/mol. The number of hydrogen-bond donors (Lipinski definition) is 1. The lowest BCUT2D eigenvalue weighted by atomic mass is 10.0. The quantitative estimate of drug-likeness (QED) is 0.786. The van der Waals surface area contributed by atoms with Gasteiger partial charge in [0.1, 0.15) is 5.69 Å². The topological polar surface area (TPSA) is 64.9 Å². The summed E-state index contributed by atoms with van der Waals surface area (Å²) in [5.74, 6) is 0.290. The van der Waals surface area contributed by atoms with Gasteiger partial charge in [-0.15, -0.1) is 0 Å². The number of nitrogen functional groups attached to an aromatic ring is 1. The van der Waals surface area contributed by atoms with Crippen molar-refractivity contribution in [2.45, 2.75) is 13.3 Å². The van der Waals surface area contributed by atoms with Gasteiger partial charge in [0.2, 0.25) is 5.88 Å². The number of aromatic nitrogens is 2. The van der Waals surface area contributed by atoms with E-state index in [1.165, 1.54) is 5.56 Å². The molecule has 0 radical (unpaired) electrons. The Morgan fingerprint density at radius 1 is 1.10 bits per heavy atom. The Balaban J connectivity index is 2.11. The minimum absolute atomic E-state index is 0.290. The molecule has 2 N–H and O–H groups in total. The summed E-state index contributed by atoms with van der Waals surface area (Å²) in [6.45, 7) is 2.13. The highest BCUT2D eigenvalue weighted by Crippen LogP contribution is 2.34. The zero-order valence-corrected chi connectivity index (χ0v) is 11.2. The van der Waals surface area contributed by atoms with Crippen molar-refractivity contribution in [1.29, 1.82) is 0 Å². The highest BCUT2D eigenvalue weighted by Gasteiger charge is 2.18. The first-order valence-electron chi connectivity index (χ1n) is 6.55. The Kier molecular flexibility index (Phi) is 3.21. The van der Waals surface area contributed by atoms with E-state index in [4.69, 9.17) is 10.3 Å². The van der Waals surface area contributed by atoms with E-state index in [0.29, 0.717) is 5.88 Å². The van der Waals surface area contributed by atoms with E-state index in [9.17, 15) is 0 Å². The average Bonchev–Trinajstić information content (AvgIpc) is 2.90. The molecule has 0 unspecified atom stereocenters. The van der Waals surface area contributed by atoms with Crippen LogP contribution in [0.3, 0.4) is 0 Å². The molecule has 0 aliphatic rings. The van der Waals surface area contributed by atoms with Crippen molar-refractivity contribution in [3.63, 3.8) is 0 Å². The van der Waals surface area contributed by atoms with Crippen LogP contribution in [0.25, 0.3) is 22.5 Å². The third-order valence-electron chi connectivity index (χ3n) is 3.28. The fourth-order valence-electron chi connectivity index (χ4n) is 2.16. The fraction of sp³-hybridized carbons (Fsp3) is 0.125. The molecule has 20 heavy (non-hydrogen) atoms. The van der Waals surface area contributed by atoms with Crippen molar-refractivity contribution in [2.24, 2.45) is 0 Å². The molecular weight excluding hydrogens is 250 g/mol. The second-order valence-electron chi connectivity index (χ2n) is 4.54. The number of nitrogens with zero attached hydrogens (tertiary/aromatic N) is 2. The molecule has 2 heterocycles. The van der Waals surface area contributed by atoms with Crippen molar-refractivity contribution >= 4 is 5.88 Å². The molecule has 100 valence electrons. The average molecular weight is 265 g/mol. The first-order valence-corrected chi connectivity index (χ1v) is 6.55. The summed E-state index contributed by atoms with van der Waals surface area (Å²) < 4.78 is 5.15. The number of anilines is 1. The minimum Gasteiger partial charge on any atom is -0.367 e. The number of benzene rings is 1. The summed E-state index contributed by atoms with van der Waals surface area (Å²) in [6.07, 6.45) is 2.74. The molecule has 3 aromatic rings. The Labute approximate surface area is 117 Å². The normalized spacial score (nSPS) is 10.7. The van der Waals surface area contributed by atoms with E-state index >= 15 is 0 Å². The van der Waals surface area contributed by atoms with E-state index in [1.54, 1.807) is 6.20 Å². The molecule has 0 saturated carbocycles. The molecule has 0 aliphatic carbocycles. The van der Waals surface area contributed by atoms with E-state index in [0.717, 1.165) is 28.9 Å². The van der Waals surface area contributed by atoms with Crippen molar-refractivity contribution in [2.75, 3.05) is 5.73 Å². The molecule has 0 aliphatic heterocycles. The van der Waals surface area contributed by atoms with Crippen LogP contribution in [-0.2, 0) is 6.42 Å². The van der Waals surface area contributed by atoms with Gasteiger partial charge < -0.3 is 10.3 Å². The molecule has 3 rings (SSSR count). The van der Waals surface area contributed by atoms with Crippen LogP contribution in [0.4, 0.5) is 5.88 Å². The van der Waals surface area contributed by atoms with Crippen molar-refractivity contribution in [3.05, 3.63) is 54.2 Å². The SMILES string of the molecule is CCc1ccc(-c2noc(N)c2-c2ccccn2)cc1. The van der Waals surface area contributed by atoms with E-state index in [1.807, 2.05) is 30.3 Å². The zero-order valence-electron chi connectivity index (χ0n) is 11.2. The number of aryl methyl sites for hydroxylation is 1. The third-order valence-corrected chi connectivity index (χ3v) is 3.28. The summed E-state index contributed by atoms with van der Waals surface area (Å²) >= 11 is 0. The summed E-state index contributed by atoms with van der Waals surface area (Å²) in [6, 6.07) is 13.9. The summed E-state index contributed by atoms with van der Waals surface area (Å²) in [5.41, 5.74) is 10.4. The van der Waals surface area contributed by atoms with Gasteiger partial charge in [-0.3, -0.25) is 4.98 Å². The van der Waals surface area contributed by atoms with E-state index in [2.05, 4.69) is 29.2 Å². The molecule has 0 amide bonds. The molecule has 0 saturated heterocycles. The van der Waals surface area contributed by atoms with Crippen LogP contribution in [0, 0.1) is 0 Å². The molecule has 1 aromatic carbocycles. The second-order valence-corrected chi connectivity index (χ2v) is 4.54. The number of hydrogen-bond acceptors (Lipinski definition) is 4. The van der Waals surface area contributed by atoms with Crippen molar-refractivity contribution < 1.29 is 4.52 Å². The third kappa shape index (κ3) is 2.16. The molecular formula is C16H15N3O. The Morgan fingerprint density at radius 2 is 1.90 bits per heavy atom. The zero-order chi connectivity index (χ0) is 13.9. The summed E-state index contributed by atoms with van der Waals surface area (Å²) in [5, 5.41) is 4.08. The highest BCUT2D eigenvalue weighted by atomic mass is 16.5. The maximum absolute atomic E-state index is 5.90. The smallest absolute Gasteiger partial charge is 0.232 e.